The summed E-state index contributed by atoms with van der Waals surface area (Å²) in [5.74, 6) is 1.90. The van der Waals surface area contributed by atoms with Crippen LogP contribution in [0.3, 0.4) is 0 Å². The third-order valence-electron chi connectivity index (χ3n) is 3.08. The van der Waals surface area contributed by atoms with Crippen molar-refractivity contribution in [1.82, 2.24) is 10.3 Å². The van der Waals surface area contributed by atoms with Crippen LogP contribution in [0.4, 0.5) is 5.82 Å². The monoisotopic (exact) mass is 235 g/mol. The average molecular weight is 235 g/mol. The zero-order valence-corrected chi connectivity index (χ0v) is 11.4. The molecule has 0 radical (unpaired) electrons. The fraction of sp³-hybridized carbons (Fsp3) is 0.643. The molecule has 0 aliphatic rings. The molecule has 0 aliphatic heterocycles. The van der Waals surface area contributed by atoms with Crippen molar-refractivity contribution in [3.05, 3.63) is 23.9 Å². The third kappa shape index (κ3) is 5.18. The minimum absolute atomic E-state index is 0.542. The maximum absolute atomic E-state index is 5.59. The van der Waals surface area contributed by atoms with Gasteiger partial charge in [-0.25, -0.2) is 4.98 Å². The largest absolute Gasteiger partial charge is 0.384 e. The van der Waals surface area contributed by atoms with Crippen molar-refractivity contribution >= 4 is 5.82 Å². The standard InChI is InChI=1S/C14H25N3/c1-10(2)13(9-16-11(3)4)7-12-5-6-14(15)17-8-12/h5-6,8,10-11,13,16H,7,9H2,1-4H3,(H2,15,17). The Labute approximate surface area is 105 Å². The summed E-state index contributed by atoms with van der Waals surface area (Å²) >= 11 is 0. The summed E-state index contributed by atoms with van der Waals surface area (Å²) in [7, 11) is 0. The average Bonchev–Trinajstić information content (AvgIpc) is 2.26. The van der Waals surface area contributed by atoms with E-state index >= 15 is 0 Å². The zero-order valence-electron chi connectivity index (χ0n) is 11.4. The van der Waals surface area contributed by atoms with Crippen molar-refractivity contribution in [3.63, 3.8) is 0 Å². The Morgan fingerprint density at radius 3 is 2.41 bits per heavy atom. The van der Waals surface area contributed by atoms with Crippen molar-refractivity contribution < 1.29 is 0 Å². The van der Waals surface area contributed by atoms with Crippen molar-refractivity contribution in [2.24, 2.45) is 11.8 Å². The highest BCUT2D eigenvalue weighted by atomic mass is 14.9. The van der Waals surface area contributed by atoms with Gasteiger partial charge in [-0.1, -0.05) is 33.8 Å². The first-order chi connectivity index (χ1) is 7.99. The number of nitrogens with two attached hydrogens (primary N) is 1. The van der Waals surface area contributed by atoms with Gasteiger partial charge >= 0.3 is 0 Å². The van der Waals surface area contributed by atoms with Crippen LogP contribution in [0.2, 0.25) is 0 Å². The lowest BCUT2D eigenvalue weighted by Gasteiger charge is -2.22. The Morgan fingerprint density at radius 2 is 1.94 bits per heavy atom. The molecule has 0 amide bonds. The SMILES string of the molecule is CC(C)NCC(Cc1ccc(N)nc1)C(C)C. The minimum atomic E-state index is 0.542. The molecule has 3 N–H and O–H groups in total. The number of nitrogen functional groups attached to an aromatic ring is 1. The van der Waals surface area contributed by atoms with Crippen LogP contribution in [-0.2, 0) is 6.42 Å². The molecule has 0 saturated carbocycles. The molecule has 1 rings (SSSR count). The van der Waals surface area contributed by atoms with E-state index in [2.05, 4.69) is 44.1 Å². The van der Waals surface area contributed by atoms with Crippen molar-refractivity contribution in [2.45, 2.75) is 40.2 Å². The van der Waals surface area contributed by atoms with Crippen LogP contribution in [0.5, 0.6) is 0 Å². The van der Waals surface area contributed by atoms with E-state index in [1.54, 1.807) is 0 Å². The Kier molecular flexibility index (Phi) is 5.42. The van der Waals surface area contributed by atoms with E-state index in [4.69, 9.17) is 5.73 Å². The quantitative estimate of drug-likeness (QED) is 0.796. The number of aromatic nitrogens is 1. The van der Waals surface area contributed by atoms with Gasteiger partial charge in [0.05, 0.1) is 0 Å². The molecule has 0 spiro atoms. The molecule has 0 fully saturated rings. The van der Waals surface area contributed by atoms with Gasteiger partial charge in [0.15, 0.2) is 0 Å². The number of hydrogen-bond acceptors (Lipinski definition) is 3. The van der Waals surface area contributed by atoms with Crippen LogP contribution >= 0.6 is 0 Å². The van der Waals surface area contributed by atoms with Crippen LogP contribution in [0, 0.1) is 11.8 Å². The fourth-order valence-electron chi connectivity index (χ4n) is 1.79. The summed E-state index contributed by atoms with van der Waals surface area (Å²) in [5.41, 5.74) is 6.86. The molecule has 96 valence electrons. The first kappa shape index (κ1) is 14.0. The molecule has 3 heteroatoms. The molecule has 17 heavy (non-hydrogen) atoms. The number of hydrogen-bond donors (Lipinski definition) is 2. The molecule has 1 unspecified atom stereocenters. The highest BCUT2D eigenvalue weighted by Crippen LogP contribution is 2.16. The maximum Gasteiger partial charge on any atom is 0.123 e. The van der Waals surface area contributed by atoms with E-state index in [0.717, 1.165) is 13.0 Å². The van der Waals surface area contributed by atoms with Crippen molar-refractivity contribution in [1.29, 1.82) is 0 Å². The molecule has 1 atom stereocenters. The summed E-state index contributed by atoms with van der Waals surface area (Å²) in [6.45, 7) is 9.97. The van der Waals surface area contributed by atoms with Gasteiger partial charge in [0.2, 0.25) is 0 Å². The van der Waals surface area contributed by atoms with E-state index in [-0.39, 0.29) is 0 Å². The first-order valence-corrected chi connectivity index (χ1v) is 6.42. The Hall–Kier alpha value is -1.09. The number of nitrogens with one attached hydrogen (secondary N) is 1. The van der Waals surface area contributed by atoms with E-state index in [1.165, 1.54) is 5.56 Å². The summed E-state index contributed by atoms with van der Waals surface area (Å²) in [5, 5.41) is 3.51. The molecule has 1 aromatic rings. The number of nitrogens with zero attached hydrogens (tertiary/aromatic N) is 1. The van der Waals surface area contributed by atoms with E-state index in [0.29, 0.717) is 23.7 Å². The molecule has 0 aromatic carbocycles. The molecule has 3 nitrogen and oxygen atoms in total. The maximum atomic E-state index is 5.59. The molecular weight excluding hydrogens is 210 g/mol. The van der Waals surface area contributed by atoms with Gasteiger partial charge in [-0.3, -0.25) is 0 Å². The molecule has 0 aliphatic carbocycles. The van der Waals surface area contributed by atoms with Crippen LogP contribution in [0.25, 0.3) is 0 Å². The van der Waals surface area contributed by atoms with Gasteiger partial charge in [0.25, 0.3) is 0 Å². The first-order valence-electron chi connectivity index (χ1n) is 6.42. The van der Waals surface area contributed by atoms with E-state index < -0.39 is 0 Å². The minimum Gasteiger partial charge on any atom is -0.384 e. The topological polar surface area (TPSA) is 50.9 Å². The molecule has 1 heterocycles. The number of anilines is 1. The van der Waals surface area contributed by atoms with Gasteiger partial charge in [0, 0.05) is 12.2 Å². The smallest absolute Gasteiger partial charge is 0.123 e. The lowest BCUT2D eigenvalue weighted by Crippen LogP contribution is -2.32. The zero-order chi connectivity index (χ0) is 12.8. The summed E-state index contributed by atoms with van der Waals surface area (Å²) in [4.78, 5) is 4.14. The normalized spacial score (nSPS) is 13.3. The fourth-order valence-corrected chi connectivity index (χ4v) is 1.79. The van der Waals surface area contributed by atoms with E-state index in [9.17, 15) is 0 Å². The number of rotatable bonds is 6. The number of pyridine rings is 1. The van der Waals surface area contributed by atoms with Crippen LogP contribution in [0.1, 0.15) is 33.3 Å². The third-order valence-corrected chi connectivity index (χ3v) is 3.08. The van der Waals surface area contributed by atoms with Gasteiger partial charge in [-0.05, 0) is 36.4 Å². The summed E-state index contributed by atoms with van der Waals surface area (Å²) in [6, 6.07) is 4.50. The van der Waals surface area contributed by atoms with Crippen LogP contribution < -0.4 is 11.1 Å². The van der Waals surface area contributed by atoms with Gasteiger partial charge < -0.3 is 11.1 Å². The lowest BCUT2D eigenvalue weighted by atomic mass is 9.89. The van der Waals surface area contributed by atoms with Crippen LogP contribution in [0.15, 0.2) is 18.3 Å². The molecular formula is C14H25N3. The Bertz CT molecular complexity index is 317. The lowest BCUT2D eigenvalue weighted by molar-refractivity contribution is 0.349. The predicted octanol–water partition coefficient (Wildman–Crippen LogP) is 2.48. The molecule has 0 saturated heterocycles. The Morgan fingerprint density at radius 1 is 1.24 bits per heavy atom. The summed E-state index contributed by atoms with van der Waals surface area (Å²) < 4.78 is 0. The van der Waals surface area contributed by atoms with Gasteiger partial charge in [-0.2, -0.15) is 0 Å². The van der Waals surface area contributed by atoms with Crippen molar-refractivity contribution in [3.8, 4) is 0 Å². The molecule has 1 aromatic heterocycles. The second-order valence-corrected chi connectivity index (χ2v) is 5.36. The van der Waals surface area contributed by atoms with E-state index in [1.807, 2.05) is 12.3 Å². The Balaban J connectivity index is 2.57. The summed E-state index contributed by atoms with van der Waals surface area (Å²) in [6.07, 6.45) is 2.95. The molecule has 0 bridgehead atoms. The second-order valence-electron chi connectivity index (χ2n) is 5.36. The van der Waals surface area contributed by atoms with Crippen LogP contribution in [-0.4, -0.2) is 17.6 Å². The van der Waals surface area contributed by atoms with Crippen molar-refractivity contribution in [2.75, 3.05) is 12.3 Å². The van der Waals surface area contributed by atoms with Gasteiger partial charge in [0.1, 0.15) is 5.82 Å². The highest BCUT2D eigenvalue weighted by molar-refractivity contribution is 5.29. The second kappa shape index (κ2) is 6.60. The predicted molar refractivity (Wildman–Crippen MR) is 73.8 cm³/mol. The highest BCUT2D eigenvalue weighted by Gasteiger charge is 2.14. The van der Waals surface area contributed by atoms with Gasteiger partial charge in [-0.15, -0.1) is 0 Å².